The van der Waals surface area contributed by atoms with Crippen LogP contribution in [0.3, 0.4) is 0 Å². The molecular formula is C51H35F3N8O4RuS6Si. The molecule has 0 bridgehead atoms. The van der Waals surface area contributed by atoms with Gasteiger partial charge >= 0.3 is 25.7 Å². The predicted octanol–water partition coefficient (Wildman–Crippen LogP) is 13.6. The first-order chi connectivity index (χ1) is 35.2. The Kier molecular flexibility index (Phi) is 16.7. The van der Waals surface area contributed by atoms with Gasteiger partial charge in [-0.1, -0.05) is 37.1 Å². The molecule has 1 aliphatic rings. The van der Waals surface area contributed by atoms with Crippen LogP contribution in [-0.2, 0) is 35.2 Å². The van der Waals surface area contributed by atoms with Crippen molar-refractivity contribution in [3.8, 4) is 75.6 Å². The average Bonchev–Trinajstić information content (AvgIpc) is 4.24. The number of thiophene rings is 5. The predicted molar refractivity (Wildman–Crippen MR) is 292 cm³/mol. The second kappa shape index (κ2) is 22.9. The largest absolute Gasteiger partial charge is 2.00 e. The van der Waals surface area contributed by atoms with Gasteiger partial charge in [0, 0.05) is 61.2 Å². The summed E-state index contributed by atoms with van der Waals surface area (Å²) < 4.78 is 48.7. The second-order valence-electron chi connectivity index (χ2n) is 16.5. The molecule has 372 valence electrons. The first-order valence-electron chi connectivity index (χ1n) is 21.6. The number of aromatic nitrogens is 6. The van der Waals surface area contributed by atoms with Crippen LogP contribution in [0.25, 0.3) is 69.5 Å². The van der Waals surface area contributed by atoms with Crippen LogP contribution in [0.4, 0.5) is 28.9 Å². The number of pyridine rings is 4. The third-order valence-corrected chi connectivity index (χ3v) is 20.7. The molecule has 74 heavy (non-hydrogen) atoms. The molecule has 10 aromatic heterocycles. The van der Waals surface area contributed by atoms with Gasteiger partial charge in [0.15, 0.2) is 0 Å². The number of ether oxygens (including phenoxy) is 2. The zero-order valence-electron chi connectivity index (χ0n) is 38.9. The topological polar surface area (TPSA) is 157 Å². The van der Waals surface area contributed by atoms with Crippen LogP contribution in [0.15, 0.2) is 126 Å². The fraction of sp³-hybridized carbons (Fsp3) is 0.0980. The van der Waals surface area contributed by atoms with Crippen molar-refractivity contribution in [2.45, 2.75) is 33.1 Å². The number of aryl methyl sites for hydroxylation is 2. The molecule has 10 aromatic rings. The quantitative estimate of drug-likeness (QED) is 0.0494. The van der Waals surface area contributed by atoms with Crippen LogP contribution in [0.5, 0.6) is 11.5 Å². The maximum Gasteiger partial charge on any atom is 2.00 e. The third-order valence-electron chi connectivity index (χ3n) is 11.2. The van der Waals surface area contributed by atoms with Crippen molar-refractivity contribution in [2.24, 2.45) is 0 Å². The summed E-state index contributed by atoms with van der Waals surface area (Å²) in [5, 5.41) is 26.8. The average molecular weight is 1200 g/mol. The van der Waals surface area contributed by atoms with Crippen molar-refractivity contribution in [3.05, 3.63) is 148 Å². The number of halogens is 3. The Labute approximate surface area is 460 Å². The number of nitrogens with zero attached hydrogens (tertiary/aromatic N) is 8. The Morgan fingerprint density at radius 2 is 1.30 bits per heavy atom. The van der Waals surface area contributed by atoms with E-state index in [1.54, 1.807) is 87.1 Å². The van der Waals surface area contributed by atoms with Crippen LogP contribution >= 0.6 is 68.9 Å². The number of hydrogen-bond donors (Lipinski definition) is 0. The zero-order valence-corrected chi connectivity index (χ0v) is 46.6. The molecule has 0 saturated heterocycles. The van der Waals surface area contributed by atoms with Gasteiger partial charge in [-0.3, -0.25) is 29.4 Å². The number of rotatable bonds is 12. The SMILES string of the molecule is C[Si]1(C)c2ccsc2-c2sc(-c3ccc(-c4ccnc(-c5cc(OC=O)cc(-c6cc(OC=O)ccn6)n5)c4)s3)cc21.Cc1csc(N(c2ccnc(-c3cc(C(F)(F)F)n[n-]3)c2)c2cc(C)cs2)c1.[N-]=C=S.[Ru+2]. The van der Waals surface area contributed by atoms with Gasteiger partial charge in [0.25, 0.3) is 12.9 Å². The van der Waals surface area contributed by atoms with Gasteiger partial charge in [-0.05, 0) is 124 Å². The molecule has 12 nitrogen and oxygen atoms in total. The van der Waals surface area contributed by atoms with Crippen LogP contribution in [0.1, 0.15) is 16.8 Å². The Morgan fingerprint density at radius 3 is 1.93 bits per heavy atom. The van der Waals surface area contributed by atoms with Gasteiger partial charge in [0.05, 0.1) is 34.2 Å². The molecule has 0 atom stereocenters. The minimum absolute atomic E-state index is 0. The fourth-order valence-electron chi connectivity index (χ4n) is 7.88. The van der Waals surface area contributed by atoms with Crippen LogP contribution in [0.2, 0.25) is 13.1 Å². The number of anilines is 3. The monoisotopic (exact) mass is 1200 g/mol. The summed E-state index contributed by atoms with van der Waals surface area (Å²) >= 11 is 12.4. The van der Waals surface area contributed by atoms with E-state index in [9.17, 15) is 22.8 Å². The van der Waals surface area contributed by atoms with E-state index in [0.29, 0.717) is 52.9 Å². The van der Waals surface area contributed by atoms with E-state index in [4.69, 9.17) is 19.9 Å². The molecule has 11 rings (SSSR count). The van der Waals surface area contributed by atoms with Crippen molar-refractivity contribution in [1.82, 2.24) is 30.1 Å². The first-order valence-corrected chi connectivity index (χ1v) is 29.3. The third kappa shape index (κ3) is 11.6. The molecule has 0 N–H and O–H groups in total. The molecule has 0 amide bonds. The zero-order chi connectivity index (χ0) is 51.4. The molecule has 1 aliphatic heterocycles. The molecule has 23 heteroatoms. The van der Waals surface area contributed by atoms with E-state index < -0.39 is 19.9 Å². The van der Waals surface area contributed by atoms with E-state index in [1.165, 1.54) is 30.9 Å². The summed E-state index contributed by atoms with van der Waals surface area (Å²) in [5.74, 6) is 0.622. The van der Waals surface area contributed by atoms with Crippen molar-refractivity contribution >= 4 is 121 Å². The van der Waals surface area contributed by atoms with Crippen molar-refractivity contribution in [3.63, 3.8) is 0 Å². The molecule has 0 aliphatic carbocycles. The van der Waals surface area contributed by atoms with Gasteiger partial charge in [0.1, 0.15) is 35.3 Å². The number of hydrogen-bond acceptors (Lipinski definition) is 16. The molecular weight excluding hydrogens is 1170 g/mol. The molecule has 0 radical (unpaired) electrons. The number of carbonyl (C=O) groups excluding carboxylic acids is 2. The second-order valence-corrected chi connectivity index (χ2v) is 25.8. The van der Waals surface area contributed by atoms with Gasteiger partial charge in [-0.15, -0.1) is 56.7 Å². The summed E-state index contributed by atoms with van der Waals surface area (Å²) in [5.41, 5.74) is 5.54. The molecule has 0 fully saturated rings. The minimum Gasteiger partial charge on any atom is -0.753 e. The summed E-state index contributed by atoms with van der Waals surface area (Å²) in [4.78, 5) is 48.5. The van der Waals surface area contributed by atoms with Crippen molar-refractivity contribution in [2.75, 3.05) is 4.90 Å². The van der Waals surface area contributed by atoms with E-state index in [1.807, 2.05) is 54.7 Å². The number of isothiocyanates is 1. The van der Waals surface area contributed by atoms with Crippen LogP contribution < -0.4 is 29.8 Å². The van der Waals surface area contributed by atoms with E-state index >= 15 is 0 Å². The number of thiocarbonyl (C=S) groups is 1. The summed E-state index contributed by atoms with van der Waals surface area (Å²) in [7, 11) is -1.64. The molecule has 0 unspecified atom stereocenters. The van der Waals surface area contributed by atoms with Gasteiger partial charge in [-0.2, -0.15) is 18.3 Å². The van der Waals surface area contributed by atoms with Crippen LogP contribution in [-0.4, -0.2) is 51.2 Å². The fourth-order valence-corrected chi connectivity index (χ4v) is 17.9. The number of carbonyl (C=O) groups is 2. The van der Waals surface area contributed by atoms with Crippen molar-refractivity contribution < 1.29 is 51.7 Å². The maximum absolute atomic E-state index is 12.8. The summed E-state index contributed by atoms with van der Waals surface area (Å²) in [6, 6.07) is 28.1. The molecule has 0 saturated carbocycles. The maximum atomic E-state index is 12.8. The summed E-state index contributed by atoms with van der Waals surface area (Å²) in [6.07, 6.45) is 0.306. The standard InChI is InChI=1S/C31H21N3O4S3Si.C19H14F3N4S2.CNS.Ru/c1-42(2)28-7-10-39-30(28)31-29(42)15-27(41-31)26-4-3-25(40-26)18-5-8-32-21(11-18)23-13-20(38-17-36)14-24(34-23)22-12-19(37-16-35)6-9-33-22;1-11-5-17(27-9-11)26(18-6-12(2)10-28-18)13-3-4-23-14(7-13)15-8-16(25-24-15)19(20,21)22;2-1-3;/h3-17H,1-2H3;3-10H,1-2H3;;/q;2*-1;+2. The Balaban J connectivity index is 0.000000198. The molecule has 0 aromatic carbocycles. The number of fused-ring (bicyclic) bond motifs is 3. The van der Waals surface area contributed by atoms with Gasteiger partial charge in [-0.25, -0.2) is 4.98 Å². The Bertz CT molecular complexity index is 3630. The summed E-state index contributed by atoms with van der Waals surface area (Å²) in [6.45, 7) is 9.65. The van der Waals surface area contributed by atoms with E-state index in [-0.39, 0.29) is 25.2 Å². The normalized spacial score (nSPS) is 11.9. The Morgan fingerprint density at radius 1 is 0.689 bits per heavy atom. The number of alkyl halides is 3. The Hall–Kier alpha value is -6.52. The van der Waals surface area contributed by atoms with Crippen molar-refractivity contribution in [1.29, 1.82) is 0 Å². The molecule has 11 heterocycles. The van der Waals surface area contributed by atoms with Crippen LogP contribution in [0, 0.1) is 13.8 Å². The van der Waals surface area contributed by atoms with Gasteiger partial charge < -0.3 is 25.1 Å². The molecule has 0 spiro atoms. The first kappa shape index (κ1) is 53.8. The smallest absolute Gasteiger partial charge is 0.753 e. The minimum atomic E-state index is -4.53. The van der Waals surface area contributed by atoms with E-state index in [2.05, 4.69) is 108 Å². The van der Waals surface area contributed by atoms with E-state index in [0.717, 1.165) is 43.3 Å². The van der Waals surface area contributed by atoms with Gasteiger partial charge in [0.2, 0.25) is 0 Å².